The van der Waals surface area contributed by atoms with Gasteiger partial charge in [0.25, 0.3) is 0 Å². The van der Waals surface area contributed by atoms with Gasteiger partial charge < -0.3 is 10.3 Å². The van der Waals surface area contributed by atoms with Gasteiger partial charge in [-0.3, -0.25) is 9.80 Å². The van der Waals surface area contributed by atoms with E-state index in [0.717, 1.165) is 52.4 Å². The minimum Gasteiger partial charge on any atom is -0.336 e. The highest BCUT2D eigenvalue weighted by Crippen LogP contribution is 2.01. The van der Waals surface area contributed by atoms with Crippen molar-refractivity contribution in [2.24, 2.45) is 5.73 Å². The number of hydrogen-bond donors (Lipinski definition) is 1. The zero-order chi connectivity index (χ0) is 11.2. The molecule has 2 rings (SSSR count). The van der Waals surface area contributed by atoms with Crippen LogP contribution in [0.1, 0.15) is 0 Å². The molecule has 1 saturated heterocycles. The lowest BCUT2D eigenvalue weighted by Gasteiger charge is -2.34. The monoisotopic (exact) mass is 223 g/mol. The van der Waals surface area contributed by atoms with Crippen LogP contribution in [0.2, 0.25) is 0 Å². The summed E-state index contributed by atoms with van der Waals surface area (Å²) in [6.45, 7) is 8.60. The lowest BCUT2D eigenvalue weighted by molar-refractivity contribution is 0.132. The molecule has 0 radical (unpaired) electrons. The average molecular weight is 223 g/mol. The lowest BCUT2D eigenvalue weighted by Crippen LogP contribution is -2.48. The maximum absolute atomic E-state index is 5.55. The molecule has 0 unspecified atom stereocenters. The Morgan fingerprint density at radius 3 is 2.25 bits per heavy atom. The highest BCUT2D eigenvalue weighted by Gasteiger charge is 2.15. The molecule has 1 aliphatic heterocycles. The lowest BCUT2D eigenvalue weighted by atomic mass is 10.3. The first-order chi connectivity index (χ1) is 7.88. The van der Waals surface area contributed by atoms with Crippen LogP contribution in [0.5, 0.6) is 0 Å². The second-order valence-corrected chi connectivity index (χ2v) is 4.27. The maximum Gasteiger partial charge on any atom is 0.0946 e. The number of hydrogen-bond acceptors (Lipinski definition) is 4. The molecule has 2 N–H and O–H groups in total. The molecule has 16 heavy (non-hydrogen) atoms. The van der Waals surface area contributed by atoms with Gasteiger partial charge in [0.1, 0.15) is 0 Å². The molecule has 5 nitrogen and oxygen atoms in total. The Morgan fingerprint density at radius 2 is 1.69 bits per heavy atom. The van der Waals surface area contributed by atoms with Gasteiger partial charge in [-0.25, -0.2) is 4.98 Å². The predicted octanol–water partition coefficient (Wildman–Crippen LogP) is -0.541. The fourth-order valence-corrected chi connectivity index (χ4v) is 2.09. The molecule has 0 bridgehead atoms. The van der Waals surface area contributed by atoms with Crippen LogP contribution in [0, 0.1) is 0 Å². The Balaban J connectivity index is 1.65. The van der Waals surface area contributed by atoms with Crippen molar-refractivity contribution in [3.8, 4) is 0 Å². The first-order valence-corrected chi connectivity index (χ1v) is 5.99. The van der Waals surface area contributed by atoms with Gasteiger partial charge in [-0.15, -0.1) is 0 Å². The number of aromatic nitrogens is 2. The summed E-state index contributed by atoms with van der Waals surface area (Å²) in [5.74, 6) is 0. The van der Waals surface area contributed by atoms with Crippen LogP contribution >= 0.6 is 0 Å². The van der Waals surface area contributed by atoms with E-state index in [2.05, 4.69) is 19.4 Å². The molecule has 1 aromatic rings. The Bertz CT molecular complexity index is 277. The molecule has 0 atom stereocenters. The van der Waals surface area contributed by atoms with Crippen molar-refractivity contribution in [2.45, 2.75) is 6.54 Å². The topological polar surface area (TPSA) is 50.3 Å². The fraction of sp³-hybridized carbons (Fsp3) is 0.727. The summed E-state index contributed by atoms with van der Waals surface area (Å²) in [5.41, 5.74) is 5.55. The van der Waals surface area contributed by atoms with E-state index in [1.165, 1.54) is 0 Å². The maximum atomic E-state index is 5.55. The highest BCUT2D eigenvalue weighted by atomic mass is 15.3. The summed E-state index contributed by atoms with van der Waals surface area (Å²) < 4.78 is 2.13. The van der Waals surface area contributed by atoms with Crippen LogP contribution in [0.3, 0.4) is 0 Å². The van der Waals surface area contributed by atoms with Crippen LogP contribution < -0.4 is 5.73 Å². The number of imidazole rings is 1. The van der Waals surface area contributed by atoms with Crippen LogP contribution in [-0.2, 0) is 6.54 Å². The Kier molecular flexibility index (Phi) is 4.33. The zero-order valence-electron chi connectivity index (χ0n) is 9.76. The summed E-state index contributed by atoms with van der Waals surface area (Å²) in [6, 6.07) is 0. The normalized spacial score (nSPS) is 19.1. The van der Waals surface area contributed by atoms with E-state index in [1.54, 1.807) is 0 Å². The van der Waals surface area contributed by atoms with Crippen molar-refractivity contribution < 1.29 is 0 Å². The fourth-order valence-electron chi connectivity index (χ4n) is 2.09. The summed E-state index contributed by atoms with van der Waals surface area (Å²) in [5, 5.41) is 0. The largest absolute Gasteiger partial charge is 0.336 e. The second kappa shape index (κ2) is 5.98. The molecule has 1 fully saturated rings. The van der Waals surface area contributed by atoms with E-state index in [0.29, 0.717) is 0 Å². The third-order valence-corrected chi connectivity index (χ3v) is 3.14. The number of rotatable bonds is 5. The van der Waals surface area contributed by atoms with Gasteiger partial charge in [-0.1, -0.05) is 0 Å². The Hall–Kier alpha value is -0.910. The van der Waals surface area contributed by atoms with Crippen molar-refractivity contribution in [1.82, 2.24) is 19.4 Å². The van der Waals surface area contributed by atoms with E-state index in [-0.39, 0.29) is 0 Å². The van der Waals surface area contributed by atoms with Crippen molar-refractivity contribution in [1.29, 1.82) is 0 Å². The van der Waals surface area contributed by atoms with Crippen LogP contribution in [0.4, 0.5) is 0 Å². The summed E-state index contributed by atoms with van der Waals surface area (Å²) in [7, 11) is 0. The summed E-state index contributed by atoms with van der Waals surface area (Å²) in [6.07, 6.45) is 5.73. The van der Waals surface area contributed by atoms with E-state index in [4.69, 9.17) is 5.73 Å². The first kappa shape index (κ1) is 11.6. The van der Waals surface area contributed by atoms with Crippen LogP contribution in [-0.4, -0.2) is 65.2 Å². The molecule has 1 aliphatic rings. The smallest absolute Gasteiger partial charge is 0.0946 e. The van der Waals surface area contributed by atoms with Crippen molar-refractivity contribution in [3.05, 3.63) is 18.7 Å². The van der Waals surface area contributed by atoms with Gasteiger partial charge in [0, 0.05) is 64.8 Å². The van der Waals surface area contributed by atoms with E-state index < -0.39 is 0 Å². The SMILES string of the molecule is NCCN1CCN(CCn2ccnc2)CC1. The molecule has 5 heteroatoms. The van der Waals surface area contributed by atoms with Crippen LogP contribution in [0.15, 0.2) is 18.7 Å². The Morgan fingerprint density at radius 1 is 1.00 bits per heavy atom. The van der Waals surface area contributed by atoms with Crippen LogP contribution in [0.25, 0.3) is 0 Å². The first-order valence-electron chi connectivity index (χ1n) is 5.99. The molecule has 0 spiro atoms. The van der Waals surface area contributed by atoms with E-state index in [9.17, 15) is 0 Å². The van der Waals surface area contributed by atoms with Gasteiger partial charge >= 0.3 is 0 Å². The summed E-state index contributed by atoms with van der Waals surface area (Å²) >= 11 is 0. The molecule has 90 valence electrons. The number of piperazine rings is 1. The van der Waals surface area contributed by atoms with Gasteiger partial charge in [0.05, 0.1) is 6.33 Å². The Labute approximate surface area is 96.8 Å². The highest BCUT2D eigenvalue weighted by molar-refractivity contribution is 4.76. The molecule has 0 aliphatic carbocycles. The summed E-state index contributed by atoms with van der Waals surface area (Å²) in [4.78, 5) is 8.99. The van der Waals surface area contributed by atoms with Gasteiger partial charge in [0.2, 0.25) is 0 Å². The number of nitrogens with zero attached hydrogens (tertiary/aromatic N) is 4. The van der Waals surface area contributed by atoms with Crippen molar-refractivity contribution in [3.63, 3.8) is 0 Å². The second-order valence-electron chi connectivity index (χ2n) is 4.27. The molecule has 2 heterocycles. The van der Waals surface area contributed by atoms with Crippen molar-refractivity contribution in [2.75, 3.05) is 45.8 Å². The van der Waals surface area contributed by atoms with Gasteiger partial charge in [-0.05, 0) is 0 Å². The molecule has 0 saturated carbocycles. The molecule has 1 aromatic heterocycles. The van der Waals surface area contributed by atoms with E-state index >= 15 is 0 Å². The van der Waals surface area contributed by atoms with Gasteiger partial charge in [0.15, 0.2) is 0 Å². The predicted molar refractivity (Wildman–Crippen MR) is 64.2 cm³/mol. The van der Waals surface area contributed by atoms with Crippen molar-refractivity contribution >= 4 is 0 Å². The zero-order valence-corrected chi connectivity index (χ0v) is 9.76. The molecular formula is C11H21N5. The molecular weight excluding hydrogens is 202 g/mol. The molecule has 0 aromatic carbocycles. The van der Waals surface area contributed by atoms with E-state index in [1.807, 2.05) is 18.7 Å². The minimum atomic E-state index is 0.773. The molecule has 0 amide bonds. The third-order valence-electron chi connectivity index (χ3n) is 3.14. The average Bonchev–Trinajstić information content (AvgIpc) is 2.82. The minimum absolute atomic E-state index is 0.773. The third kappa shape index (κ3) is 3.30. The standard InChI is InChI=1S/C11H21N5/c12-1-3-14-5-7-15(8-6-14)9-10-16-4-2-13-11-16/h2,4,11H,1,3,5-10,12H2. The quantitative estimate of drug-likeness (QED) is 0.728. The number of nitrogens with two attached hydrogens (primary N) is 1. The van der Waals surface area contributed by atoms with Gasteiger partial charge in [-0.2, -0.15) is 0 Å².